The molecule has 8 nitrogen and oxygen atoms in total. The van der Waals surface area contributed by atoms with E-state index in [1.54, 1.807) is 17.5 Å². The van der Waals surface area contributed by atoms with Crippen LogP contribution in [0, 0.1) is 17.7 Å². The summed E-state index contributed by atoms with van der Waals surface area (Å²) in [7, 11) is 0. The number of hydrogen-bond acceptors (Lipinski definition) is 6. The van der Waals surface area contributed by atoms with Crippen LogP contribution in [0.5, 0.6) is 0 Å². The van der Waals surface area contributed by atoms with Crippen molar-refractivity contribution < 1.29 is 33.4 Å². The third kappa shape index (κ3) is 3.68. The maximum Gasteiger partial charge on any atom is 0.326 e. The van der Waals surface area contributed by atoms with Crippen molar-refractivity contribution in [2.75, 3.05) is 11.5 Å². The molecule has 1 aromatic heterocycles. The highest BCUT2D eigenvalue weighted by molar-refractivity contribution is 7.11. The van der Waals surface area contributed by atoms with Gasteiger partial charge in [-0.25, -0.2) is 14.1 Å². The van der Waals surface area contributed by atoms with Crippen molar-refractivity contribution in [1.82, 2.24) is 0 Å². The number of nitrogens with zero attached hydrogens (tertiary/aromatic N) is 1. The van der Waals surface area contributed by atoms with Gasteiger partial charge in [-0.3, -0.25) is 14.4 Å². The predicted octanol–water partition coefficient (Wildman–Crippen LogP) is 3.14. The summed E-state index contributed by atoms with van der Waals surface area (Å²) in [6.07, 6.45) is 0.226. The molecule has 3 amide bonds. The molecule has 1 fully saturated rings. The van der Waals surface area contributed by atoms with Crippen molar-refractivity contribution in [2.45, 2.75) is 6.42 Å². The molecule has 1 aliphatic carbocycles. The number of carboxylic acid groups (broad SMARTS) is 1. The summed E-state index contributed by atoms with van der Waals surface area (Å²) in [5.74, 6) is -4.59. The topological polar surface area (TPSA) is 127 Å². The fourth-order valence-corrected chi connectivity index (χ4v) is 4.33. The van der Waals surface area contributed by atoms with E-state index in [2.05, 4.69) is 0 Å². The first-order chi connectivity index (χ1) is 14.7. The Bertz CT molecular complexity index is 1160. The molecule has 160 valence electrons. The fraction of sp³-hybridized carbons (Fsp3) is 0.200. The molecule has 0 spiro atoms. The zero-order valence-corrected chi connectivity index (χ0v) is 17.2. The normalized spacial score (nSPS) is 21.0. The Labute approximate surface area is 183 Å². The van der Waals surface area contributed by atoms with Crippen LogP contribution in [0.2, 0.25) is 5.02 Å². The Morgan fingerprint density at radius 1 is 1.32 bits per heavy atom. The predicted molar refractivity (Wildman–Crippen MR) is 110 cm³/mol. The average Bonchev–Trinajstić information content (AvgIpc) is 3.25. The Balaban J connectivity index is 1.77. The first-order valence-corrected chi connectivity index (χ1v) is 10.3. The minimum Gasteiger partial charge on any atom is -0.483 e. The number of hydrogen-bond donors (Lipinski definition) is 2. The molecule has 1 aliphatic heterocycles. The molecule has 3 N–H and O–H groups in total. The molecule has 0 bridgehead atoms. The van der Waals surface area contributed by atoms with Crippen LogP contribution < -0.4 is 10.6 Å². The summed E-state index contributed by atoms with van der Waals surface area (Å²) in [6, 6.07) is 4.32. The van der Waals surface area contributed by atoms with Gasteiger partial charge in [0.15, 0.2) is 11.5 Å². The number of ether oxygens (including phenoxy) is 1. The van der Waals surface area contributed by atoms with E-state index in [9.17, 15) is 23.6 Å². The molecule has 0 radical (unpaired) electrons. The van der Waals surface area contributed by atoms with Gasteiger partial charge in [0.05, 0.1) is 27.1 Å². The van der Waals surface area contributed by atoms with Crippen LogP contribution in [0.4, 0.5) is 14.9 Å². The molecular formula is C20H14ClFN2O6S. The number of anilines is 1. The lowest BCUT2D eigenvalue weighted by molar-refractivity contribution is -0.140. The maximum atomic E-state index is 14.2. The number of thiophene rings is 1. The Kier molecular flexibility index (Phi) is 5.28. The Morgan fingerprint density at radius 3 is 2.65 bits per heavy atom. The van der Waals surface area contributed by atoms with Crippen molar-refractivity contribution in [3.8, 4) is 0 Å². The van der Waals surface area contributed by atoms with E-state index in [4.69, 9.17) is 27.2 Å². The summed E-state index contributed by atoms with van der Waals surface area (Å²) < 4.78 is 19.9. The number of nitrogens with two attached hydrogens (primary N) is 1. The van der Waals surface area contributed by atoms with Crippen LogP contribution in [0.15, 0.2) is 29.6 Å². The van der Waals surface area contributed by atoms with E-state index >= 15 is 0 Å². The van der Waals surface area contributed by atoms with Crippen LogP contribution in [-0.4, -0.2) is 35.4 Å². The highest BCUT2D eigenvalue weighted by Gasteiger charge is 2.48. The fourth-order valence-electron chi connectivity index (χ4n) is 3.44. The number of aliphatic carboxylic acids is 1. The number of carboxylic acids is 1. The molecular weight excluding hydrogens is 451 g/mol. The molecule has 4 rings (SSSR count). The number of ketones is 1. The van der Waals surface area contributed by atoms with Crippen LogP contribution in [0.3, 0.4) is 0 Å². The number of halogens is 2. The number of benzene rings is 1. The lowest BCUT2D eigenvalue weighted by atomic mass is 10.0. The smallest absolute Gasteiger partial charge is 0.326 e. The molecule has 2 atom stereocenters. The first-order valence-electron chi connectivity index (χ1n) is 9.00. The number of primary amides is 1. The van der Waals surface area contributed by atoms with Crippen LogP contribution in [0.25, 0.3) is 11.3 Å². The molecule has 2 heterocycles. The zero-order chi connectivity index (χ0) is 22.4. The number of carbonyl (C=O) groups excluding carboxylic acids is 3. The van der Waals surface area contributed by atoms with E-state index in [1.165, 1.54) is 11.3 Å². The Hall–Kier alpha value is -3.24. The van der Waals surface area contributed by atoms with Crippen LogP contribution >= 0.6 is 22.9 Å². The van der Waals surface area contributed by atoms with E-state index in [1.807, 2.05) is 0 Å². The van der Waals surface area contributed by atoms with Gasteiger partial charge in [-0.05, 0) is 30.0 Å². The van der Waals surface area contributed by atoms with Gasteiger partial charge in [0, 0.05) is 11.5 Å². The average molecular weight is 465 g/mol. The SMILES string of the molecule is NC(=O)N1C(=O)C(=C(OCC(=O)C2CC2C(=O)O)c2cccs2)c2cc(F)c(Cl)cc21. The molecule has 2 unspecified atom stereocenters. The molecule has 0 saturated heterocycles. The lowest BCUT2D eigenvalue weighted by Gasteiger charge is -2.13. The summed E-state index contributed by atoms with van der Waals surface area (Å²) in [5.41, 5.74) is 5.23. The summed E-state index contributed by atoms with van der Waals surface area (Å²) in [4.78, 5) is 49.4. The number of amides is 3. The van der Waals surface area contributed by atoms with Gasteiger partial charge >= 0.3 is 12.0 Å². The van der Waals surface area contributed by atoms with Gasteiger partial charge in [-0.2, -0.15) is 0 Å². The molecule has 1 aromatic carbocycles. The van der Waals surface area contributed by atoms with Gasteiger partial charge in [0.2, 0.25) is 0 Å². The molecule has 11 heteroatoms. The summed E-state index contributed by atoms with van der Waals surface area (Å²) in [5, 5.41) is 10.4. The molecule has 31 heavy (non-hydrogen) atoms. The zero-order valence-electron chi connectivity index (χ0n) is 15.6. The van der Waals surface area contributed by atoms with E-state index < -0.39 is 48.0 Å². The second-order valence-electron chi connectivity index (χ2n) is 6.99. The summed E-state index contributed by atoms with van der Waals surface area (Å²) in [6.45, 7) is -0.486. The van der Waals surface area contributed by atoms with Gasteiger partial charge in [-0.15, -0.1) is 11.3 Å². The summed E-state index contributed by atoms with van der Waals surface area (Å²) >= 11 is 7.02. The quantitative estimate of drug-likeness (QED) is 0.499. The van der Waals surface area contributed by atoms with Gasteiger partial charge in [-0.1, -0.05) is 17.7 Å². The van der Waals surface area contributed by atoms with E-state index in [-0.39, 0.29) is 34.0 Å². The molecule has 2 aromatic rings. The second-order valence-corrected chi connectivity index (χ2v) is 8.34. The van der Waals surface area contributed by atoms with E-state index in [0.29, 0.717) is 9.78 Å². The van der Waals surface area contributed by atoms with Crippen molar-refractivity contribution in [3.63, 3.8) is 0 Å². The van der Waals surface area contributed by atoms with Crippen LogP contribution in [0.1, 0.15) is 16.9 Å². The first kappa shape index (κ1) is 21.0. The lowest BCUT2D eigenvalue weighted by Crippen LogP contribution is -2.38. The standard InChI is InChI=1S/C20H14ClFN2O6S/c21-11-6-13-10(5-12(11)22)16(18(26)24(13)20(23)29)17(15-2-1-3-31-15)30-7-14(25)8-4-9(8)19(27)28/h1-3,5-6,8-9H,4,7H2,(H2,23,29)(H,27,28). The monoisotopic (exact) mass is 464 g/mol. The number of fused-ring (bicyclic) bond motifs is 1. The highest BCUT2D eigenvalue weighted by Crippen LogP contribution is 2.44. The number of urea groups is 1. The Morgan fingerprint density at radius 2 is 2.06 bits per heavy atom. The number of Topliss-reactive ketones (excluding diaryl/α,β-unsaturated/α-hetero) is 1. The van der Waals surface area contributed by atoms with Crippen molar-refractivity contribution >= 4 is 63.6 Å². The third-order valence-electron chi connectivity index (χ3n) is 5.04. The molecule has 2 aliphatic rings. The minimum absolute atomic E-state index is 0.00369. The van der Waals surface area contributed by atoms with Crippen molar-refractivity contribution in [2.24, 2.45) is 17.6 Å². The largest absolute Gasteiger partial charge is 0.483 e. The highest BCUT2D eigenvalue weighted by atomic mass is 35.5. The maximum absolute atomic E-state index is 14.2. The number of imide groups is 1. The number of rotatable bonds is 6. The van der Waals surface area contributed by atoms with Gasteiger partial charge in [0.25, 0.3) is 5.91 Å². The van der Waals surface area contributed by atoms with Crippen molar-refractivity contribution in [1.29, 1.82) is 0 Å². The van der Waals surface area contributed by atoms with Gasteiger partial charge < -0.3 is 15.6 Å². The molecule has 1 saturated carbocycles. The van der Waals surface area contributed by atoms with Crippen LogP contribution in [-0.2, 0) is 19.1 Å². The third-order valence-corrected chi connectivity index (χ3v) is 6.20. The van der Waals surface area contributed by atoms with Crippen molar-refractivity contribution in [3.05, 3.63) is 50.9 Å². The van der Waals surface area contributed by atoms with E-state index in [0.717, 1.165) is 12.1 Å². The number of carbonyl (C=O) groups is 4. The second kappa shape index (κ2) is 7.78. The van der Waals surface area contributed by atoms with Gasteiger partial charge in [0.1, 0.15) is 12.4 Å². The minimum atomic E-state index is -1.09.